The Balaban J connectivity index is 4.17. The number of nitrogens with zero attached hydrogens (tertiary/aromatic N) is 1. The van der Waals surface area contributed by atoms with Gasteiger partial charge < -0.3 is 0 Å². The lowest BCUT2D eigenvalue weighted by molar-refractivity contribution is 0.398. The normalized spacial score (nSPS) is 15.3. The van der Waals surface area contributed by atoms with E-state index in [1.54, 1.807) is 0 Å². The fraction of sp³-hybridized carbons (Fsp3) is 1.00. The van der Waals surface area contributed by atoms with Crippen LogP contribution in [0.2, 0.25) is 0 Å². The number of hydrogen-bond donors (Lipinski definition) is 2. The number of rotatable bonds is 7. The first kappa shape index (κ1) is 16.1. The summed E-state index contributed by atoms with van der Waals surface area (Å²) in [6.07, 6.45) is 0.114. The van der Waals surface area contributed by atoms with Gasteiger partial charge in [-0.15, -0.1) is 11.8 Å². The molecule has 10 heteroatoms. The zero-order valence-corrected chi connectivity index (χ0v) is 11.3. The molecule has 0 bridgehead atoms. The smallest absolute Gasteiger partial charge is 0.286 e. The van der Waals surface area contributed by atoms with Gasteiger partial charge in [-0.25, -0.2) is 0 Å². The Morgan fingerprint density at radius 3 is 2.00 bits per heavy atom. The van der Waals surface area contributed by atoms with Gasteiger partial charge >= 0.3 is 0 Å². The van der Waals surface area contributed by atoms with E-state index in [0.29, 0.717) is 0 Å². The number of hydrogen-bond acceptors (Lipinski definition) is 6. The van der Waals surface area contributed by atoms with Gasteiger partial charge in [-0.3, -0.25) is 14.0 Å². The molecule has 0 aliphatic carbocycles. The van der Waals surface area contributed by atoms with Crippen molar-refractivity contribution in [3.05, 3.63) is 0 Å². The zero-order chi connectivity index (χ0) is 13.0. The molecule has 0 rings (SSSR count). The topological polar surface area (TPSA) is 112 Å². The van der Waals surface area contributed by atoms with Crippen molar-refractivity contribution in [3.8, 4) is 0 Å². The lowest BCUT2D eigenvalue weighted by atomic mass is 10.6. The van der Waals surface area contributed by atoms with Crippen LogP contribution in [0, 0.1) is 0 Å². The largest absolute Gasteiger partial charge is 0.291 e. The Kier molecular flexibility index (Phi) is 6.22. The quantitative estimate of drug-likeness (QED) is 0.375. The predicted molar refractivity (Wildman–Crippen MR) is 62.5 cm³/mol. The van der Waals surface area contributed by atoms with Crippen molar-refractivity contribution in [2.24, 2.45) is 0 Å². The molecule has 1 atom stereocenters. The van der Waals surface area contributed by atoms with Crippen LogP contribution in [0.5, 0.6) is 0 Å². The molecule has 0 heterocycles. The zero-order valence-electron chi connectivity index (χ0n) is 8.90. The second-order valence-corrected chi connectivity index (χ2v) is 7.83. The van der Waals surface area contributed by atoms with Gasteiger partial charge in [0, 0.05) is 0 Å². The van der Waals surface area contributed by atoms with Crippen LogP contribution in [0.4, 0.5) is 0 Å². The van der Waals surface area contributed by atoms with Gasteiger partial charge in [0.25, 0.3) is 20.2 Å². The minimum atomic E-state index is -4.20. The van der Waals surface area contributed by atoms with Crippen molar-refractivity contribution in [1.82, 2.24) is 4.90 Å². The summed E-state index contributed by atoms with van der Waals surface area (Å²) in [5.41, 5.74) is 0. The van der Waals surface area contributed by atoms with E-state index in [4.69, 9.17) is 9.11 Å². The second kappa shape index (κ2) is 6.17. The maximum atomic E-state index is 10.9. The number of thioether (sulfide) groups is 1. The van der Waals surface area contributed by atoms with E-state index in [-0.39, 0.29) is 12.2 Å². The van der Waals surface area contributed by atoms with E-state index in [0.717, 1.165) is 11.8 Å². The lowest BCUT2D eigenvalue weighted by Gasteiger charge is -2.20. The minimum Gasteiger partial charge on any atom is -0.286 e. The van der Waals surface area contributed by atoms with Crippen LogP contribution in [-0.4, -0.2) is 61.1 Å². The van der Waals surface area contributed by atoms with Gasteiger partial charge in [-0.2, -0.15) is 16.8 Å². The van der Waals surface area contributed by atoms with Crippen LogP contribution in [0.3, 0.4) is 0 Å². The van der Waals surface area contributed by atoms with Gasteiger partial charge in [0.05, 0.1) is 5.75 Å². The molecule has 0 aromatic carbocycles. The fourth-order valence-electron chi connectivity index (χ4n) is 0.927. The summed E-state index contributed by atoms with van der Waals surface area (Å²) < 4.78 is 58.7. The molecule has 98 valence electrons. The van der Waals surface area contributed by atoms with Crippen molar-refractivity contribution in [1.29, 1.82) is 0 Å². The van der Waals surface area contributed by atoms with Crippen molar-refractivity contribution < 1.29 is 25.9 Å². The minimum absolute atomic E-state index is 0.114. The Morgan fingerprint density at radius 1 is 1.19 bits per heavy atom. The molecule has 0 aromatic heterocycles. The van der Waals surface area contributed by atoms with Crippen molar-refractivity contribution >= 4 is 32.0 Å². The van der Waals surface area contributed by atoms with E-state index in [2.05, 4.69) is 0 Å². The molecule has 0 radical (unpaired) electrons. The molecule has 2 N–H and O–H groups in total. The van der Waals surface area contributed by atoms with Crippen LogP contribution in [0.25, 0.3) is 0 Å². The third-order valence-corrected chi connectivity index (χ3v) is 5.59. The molecule has 0 saturated carbocycles. The molecular weight excluding hydrogens is 278 g/mol. The SMILES string of the molecule is CN(C)C(SCCCS(=O)(=O)O)S(=O)(=O)O. The van der Waals surface area contributed by atoms with Gasteiger partial charge in [-0.05, 0) is 26.3 Å². The Morgan fingerprint density at radius 2 is 1.69 bits per heavy atom. The van der Waals surface area contributed by atoms with E-state index >= 15 is 0 Å². The molecule has 7 nitrogen and oxygen atoms in total. The summed E-state index contributed by atoms with van der Waals surface area (Å²) in [6.45, 7) is 0. The van der Waals surface area contributed by atoms with Crippen LogP contribution < -0.4 is 0 Å². The molecule has 16 heavy (non-hydrogen) atoms. The highest BCUT2D eigenvalue weighted by molar-refractivity contribution is 8.11. The summed E-state index contributed by atoms with van der Waals surface area (Å²) in [6, 6.07) is 0. The molecule has 0 spiro atoms. The molecule has 0 fully saturated rings. The van der Waals surface area contributed by atoms with E-state index in [1.807, 2.05) is 0 Å². The monoisotopic (exact) mass is 293 g/mol. The third-order valence-electron chi connectivity index (χ3n) is 1.48. The molecule has 0 aromatic rings. The highest BCUT2D eigenvalue weighted by Gasteiger charge is 2.25. The first-order valence-corrected chi connectivity index (χ1v) is 8.39. The molecule has 0 aliphatic rings. The van der Waals surface area contributed by atoms with E-state index < -0.39 is 30.7 Å². The first-order valence-electron chi connectivity index (χ1n) is 4.23. The van der Waals surface area contributed by atoms with Crippen LogP contribution in [0.15, 0.2) is 0 Å². The highest BCUT2D eigenvalue weighted by Crippen LogP contribution is 2.19. The third kappa shape index (κ3) is 7.41. The summed E-state index contributed by atoms with van der Waals surface area (Å²) in [4.78, 5) is 1.30. The summed E-state index contributed by atoms with van der Waals surface area (Å²) in [7, 11) is -5.26. The van der Waals surface area contributed by atoms with Crippen molar-refractivity contribution in [2.45, 2.75) is 11.1 Å². The van der Waals surface area contributed by atoms with Gasteiger partial charge in [0.2, 0.25) is 0 Å². The maximum absolute atomic E-state index is 10.9. The lowest BCUT2D eigenvalue weighted by Crippen LogP contribution is -2.32. The first-order chi connectivity index (χ1) is 7.04. The Hall–Kier alpha value is 0.130. The molecule has 0 aliphatic heterocycles. The predicted octanol–water partition coefficient (Wildman–Crippen LogP) is -0.269. The van der Waals surface area contributed by atoms with E-state index in [1.165, 1.54) is 19.0 Å². The summed E-state index contributed by atoms with van der Waals surface area (Å²) in [5, 5.41) is 0. The fourth-order valence-corrected chi connectivity index (χ4v) is 3.94. The molecule has 1 unspecified atom stereocenters. The van der Waals surface area contributed by atoms with Crippen molar-refractivity contribution in [3.63, 3.8) is 0 Å². The average Bonchev–Trinajstić information content (AvgIpc) is 1.97. The van der Waals surface area contributed by atoms with Crippen LogP contribution >= 0.6 is 11.8 Å². The maximum Gasteiger partial charge on any atom is 0.291 e. The van der Waals surface area contributed by atoms with Gasteiger partial charge in [0.15, 0.2) is 4.71 Å². The van der Waals surface area contributed by atoms with Gasteiger partial charge in [0.1, 0.15) is 0 Å². The van der Waals surface area contributed by atoms with Crippen molar-refractivity contribution in [2.75, 3.05) is 25.6 Å². The van der Waals surface area contributed by atoms with Crippen LogP contribution in [-0.2, 0) is 20.2 Å². The van der Waals surface area contributed by atoms with Gasteiger partial charge in [-0.1, -0.05) is 0 Å². The Bertz CT molecular complexity index is 400. The molecule has 0 saturated heterocycles. The van der Waals surface area contributed by atoms with E-state index in [9.17, 15) is 16.8 Å². The average molecular weight is 293 g/mol. The molecular formula is C6H15NO6S3. The standard InChI is InChI=1S/C6H15NO6S3/c1-7(2)6(16(11,12)13)14-4-3-5-15(8,9)10/h6H,3-5H2,1-2H3,(H,8,9,10)(H,11,12,13). The Labute approximate surface area is 99.7 Å². The summed E-state index contributed by atoms with van der Waals surface area (Å²) >= 11 is 0.890. The highest BCUT2D eigenvalue weighted by atomic mass is 32.3. The van der Waals surface area contributed by atoms with Crippen LogP contribution in [0.1, 0.15) is 6.42 Å². The second-order valence-electron chi connectivity index (χ2n) is 3.30. The summed E-state index contributed by atoms with van der Waals surface area (Å²) in [5.74, 6) is -0.228. The molecule has 0 amide bonds.